The van der Waals surface area contributed by atoms with Crippen LogP contribution in [-0.2, 0) is 23.0 Å². The molecule has 0 spiro atoms. The van der Waals surface area contributed by atoms with Crippen molar-refractivity contribution >= 4 is 21.6 Å². The van der Waals surface area contributed by atoms with Gasteiger partial charge >= 0.3 is 0 Å². The topological polar surface area (TPSA) is 75.7 Å². The van der Waals surface area contributed by atoms with E-state index in [4.69, 9.17) is 4.74 Å². The van der Waals surface area contributed by atoms with Gasteiger partial charge in [0.1, 0.15) is 5.75 Å². The maximum absolute atomic E-state index is 12.4. The van der Waals surface area contributed by atoms with E-state index in [-0.39, 0.29) is 5.91 Å². The largest absolute Gasteiger partial charge is 0.494 e. The molecule has 0 saturated carbocycles. The van der Waals surface area contributed by atoms with Crippen LogP contribution >= 0.6 is 0 Å². The highest BCUT2D eigenvalue weighted by Gasteiger charge is 2.23. The summed E-state index contributed by atoms with van der Waals surface area (Å²) in [7, 11) is -3.22. The van der Waals surface area contributed by atoms with E-state index in [1.54, 1.807) is 24.3 Å². The molecule has 7 heteroatoms. The van der Waals surface area contributed by atoms with Crippen LogP contribution in [0.2, 0.25) is 0 Å². The average molecular weight is 374 g/mol. The Hall–Kier alpha value is -2.38. The Morgan fingerprint density at radius 2 is 1.88 bits per heavy atom. The molecule has 0 saturated heterocycles. The van der Waals surface area contributed by atoms with Crippen LogP contribution in [0.1, 0.15) is 28.4 Å². The van der Waals surface area contributed by atoms with Gasteiger partial charge in [0.15, 0.2) is 0 Å². The highest BCUT2D eigenvalue weighted by atomic mass is 32.2. The lowest BCUT2D eigenvalue weighted by Gasteiger charge is -2.27. The Labute approximate surface area is 153 Å². The molecule has 0 aliphatic carbocycles. The van der Waals surface area contributed by atoms with Crippen molar-refractivity contribution in [3.8, 4) is 5.75 Å². The van der Waals surface area contributed by atoms with Gasteiger partial charge in [-0.25, -0.2) is 8.42 Å². The number of carbonyl (C=O) groups is 1. The number of benzene rings is 2. The van der Waals surface area contributed by atoms with Crippen molar-refractivity contribution in [1.82, 2.24) is 4.31 Å². The summed E-state index contributed by atoms with van der Waals surface area (Å²) in [6.07, 6.45) is 1.89. The number of hydrogen-bond donors (Lipinski definition) is 1. The summed E-state index contributed by atoms with van der Waals surface area (Å²) < 4.78 is 30.4. The lowest BCUT2D eigenvalue weighted by Crippen LogP contribution is -2.35. The summed E-state index contributed by atoms with van der Waals surface area (Å²) >= 11 is 0. The molecule has 1 N–H and O–H groups in total. The molecule has 2 aromatic carbocycles. The Morgan fingerprint density at radius 1 is 1.15 bits per heavy atom. The maximum atomic E-state index is 12.4. The molecule has 1 amide bonds. The molecule has 0 aromatic heterocycles. The molecular weight excluding hydrogens is 352 g/mol. The highest BCUT2D eigenvalue weighted by molar-refractivity contribution is 7.88. The van der Waals surface area contributed by atoms with E-state index in [1.165, 1.54) is 10.6 Å². The SMILES string of the molecule is CCOc1ccc(C(=O)Nc2ccc3c(c2)CN(S(C)(=O)=O)CC3)cc1. The normalized spacial score (nSPS) is 14.5. The predicted molar refractivity (Wildman–Crippen MR) is 101 cm³/mol. The molecule has 1 aliphatic rings. The van der Waals surface area contributed by atoms with E-state index in [9.17, 15) is 13.2 Å². The van der Waals surface area contributed by atoms with E-state index in [2.05, 4.69) is 5.32 Å². The summed E-state index contributed by atoms with van der Waals surface area (Å²) in [5.41, 5.74) is 3.22. The number of ether oxygens (including phenoxy) is 1. The van der Waals surface area contributed by atoms with Gasteiger partial charge in [0.05, 0.1) is 12.9 Å². The summed E-state index contributed by atoms with van der Waals surface area (Å²) in [5.74, 6) is 0.502. The molecule has 138 valence electrons. The van der Waals surface area contributed by atoms with Crippen LogP contribution in [0, 0.1) is 0 Å². The van der Waals surface area contributed by atoms with Gasteiger partial charge in [-0.1, -0.05) is 6.07 Å². The predicted octanol–water partition coefficient (Wildman–Crippen LogP) is 2.66. The van der Waals surface area contributed by atoms with Crippen LogP contribution in [0.4, 0.5) is 5.69 Å². The van der Waals surface area contributed by atoms with Crippen LogP contribution in [0.25, 0.3) is 0 Å². The van der Waals surface area contributed by atoms with Crippen molar-refractivity contribution in [2.24, 2.45) is 0 Å². The zero-order chi connectivity index (χ0) is 18.7. The van der Waals surface area contributed by atoms with Gasteiger partial charge in [-0.2, -0.15) is 4.31 Å². The van der Waals surface area contributed by atoms with Crippen molar-refractivity contribution < 1.29 is 17.9 Å². The van der Waals surface area contributed by atoms with Gasteiger partial charge in [-0.05, 0) is 60.9 Å². The van der Waals surface area contributed by atoms with Crippen molar-refractivity contribution in [2.45, 2.75) is 19.9 Å². The first-order valence-corrected chi connectivity index (χ1v) is 10.3. The molecule has 1 aliphatic heterocycles. The Balaban J connectivity index is 1.73. The van der Waals surface area contributed by atoms with E-state index in [0.717, 1.165) is 16.9 Å². The van der Waals surface area contributed by atoms with Crippen LogP contribution in [0.5, 0.6) is 5.75 Å². The first-order chi connectivity index (χ1) is 12.4. The minimum Gasteiger partial charge on any atom is -0.494 e. The number of hydrogen-bond acceptors (Lipinski definition) is 4. The molecule has 1 heterocycles. The van der Waals surface area contributed by atoms with Gasteiger partial charge < -0.3 is 10.1 Å². The Bertz CT molecular complexity index is 908. The van der Waals surface area contributed by atoms with Crippen molar-refractivity contribution in [2.75, 3.05) is 24.7 Å². The van der Waals surface area contributed by atoms with Crippen molar-refractivity contribution in [1.29, 1.82) is 0 Å². The second kappa shape index (κ2) is 7.47. The third kappa shape index (κ3) is 4.23. The summed E-state index contributed by atoms with van der Waals surface area (Å²) in [6.45, 7) is 3.30. The first kappa shape index (κ1) is 18.4. The quantitative estimate of drug-likeness (QED) is 0.873. The molecular formula is C19H22N2O4S. The maximum Gasteiger partial charge on any atom is 0.255 e. The van der Waals surface area contributed by atoms with E-state index < -0.39 is 10.0 Å². The molecule has 6 nitrogen and oxygen atoms in total. The molecule has 3 rings (SSSR count). The molecule has 0 atom stereocenters. The number of rotatable bonds is 5. The number of fused-ring (bicyclic) bond motifs is 1. The zero-order valence-electron chi connectivity index (χ0n) is 14.9. The molecule has 2 aromatic rings. The van der Waals surface area contributed by atoms with Crippen LogP contribution in [-0.4, -0.2) is 38.0 Å². The minimum atomic E-state index is -3.22. The number of nitrogens with one attached hydrogen (secondary N) is 1. The molecule has 0 radical (unpaired) electrons. The van der Waals surface area contributed by atoms with Crippen molar-refractivity contribution in [3.05, 3.63) is 59.2 Å². The minimum absolute atomic E-state index is 0.219. The number of carbonyl (C=O) groups excluding carboxylic acids is 1. The second-order valence-corrected chi connectivity index (χ2v) is 8.22. The summed E-state index contributed by atoms with van der Waals surface area (Å²) in [4.78, 5) is 12.4. The lowest BCUT2D eigenvalue weighted by atomic mass is 10.0. The highest BCUT2D eigenvalue weighted by Crippen LogP contribution is 2.24. The third-order valence-electron chi connectivity index (χ3n) is 4.34. The number of anilines is 1. The first-order valence-electron chi connectivity index (χ1n) is 8.48. The Kier molecular flexibility index (Phi) is 5.29. The summed E-state index contributed by atoms with van der Waals surface area (Å²) in [5, 5.41) is 2.87. The average Bonchev–Trinajstić information content (AvgIpc) is 2.61. The van der Waals surface area contributed by atoms with Gasteiger partial charge in [-0.3, -0.25) is 4.79 Å². The zero-order valence-corrected chi connectivity index (χ0v) is 15.7. The van der Waals surface area contributed by atoms with E-state index >= 15 is 0 Å². The molecule has 0 fully saturated rings. The number of sulfonamides is 1. The summed E-state index contributed by atoms with van der Waals surface area (Å²) in [6, 6.07) is 12.6. The Morgan fingerprint density at radius 3 is 2.54 bits per heavy atom. The van der Waals surface area contributed by atoms with Gasteiger partial charge in [0, 0.05) is 24.3 Å². The second-order valence-electron chi connectivity index (χ2n) is 6.24. The standard InChI is InChI=1S/C19H22N2O4S/c1-3-25-18-8-5-15(6-9-18)19(22)20-17-7-4-14-10-11-21(26(2,23)24)13-16(14)12-17/h4-9,12H,3,10-11,13H2,1-2H3,(H,20,22). The van der Waals surface area contributed by atoms with E-state index in [0.29, 0.717) is 37.4 Å². The fourth-order valence-electron chi connectivity index (χ4n) is 2.96. The van der Waals surface area contributed by atoms with Gasteiger partial charge in [-0.15, -0.1) is 0 Å². The van der Waals surface area contributed by atoms with Gasteiger partial charge in [0.2, 0.25) is 10.0 Å². The smallest absolute Gasteiger partial charge is 0.255 e. The van der Waals surface area contributed by atoms with Gasteiger partial charge in [0.25, 0.3) is 5.91 Å². The molecule has 0 bridgehead atoms. The molecule has 0 unspecified atom stereocenters. The number of amides is 1. The molecule has 26 heavy (non-hydrogen) atoms. The fourth-order valence-corrected chi connectivity index (χ4v) is 3.76. The van der Waals surface area contributed by atoms with Crippen LogP contribution in [0.3, 0.4) is 0 Å². The van der Waals surface area contributed by atoms with Crippen molar-refractivity contribution in [3.63, 3.8) is 0 Å². The lowest BCUT2D eigenvalue weighted by molar-refractivity contribution is 0.102. The fraction of sp³-hybridized carbons (Fsp3) is 0.316. The third-order valence-corrected chi connectivity index (χ3v) is 5.59. The number of nitrogens with zero attached hydrogens (tertiary/aromatic N) is 1. The van der Waals surface area contributed by atoms with Crippen LogP contribution in [0.15, 0.2) is 42.5 Å². The monoisotopic (exact) mass is 374 g/mol. The van der Waals surface area contributed by atoms with E-state index in [1.807, 2.05) is 25.1 Å². The van der Waals surface area contributed by atoms with Crippen LogP contribution < -0.4 is 10.1 Å².